The van der Waals surface area contributed by atoms with Crippen molar-refractivity contribution in [3.63, 3.8) is 0 Å². The normalized spacial score (nSPS) is 17.4. The molecule has 86 valence electrons. The Morgan fingerprint density at radius 3 is 3.00 bits per heavy atom. The quantitative estimate of drug-likeness (QED) is 0.826. The van der Waals surface area contributed by atoms with Crippen LogP contribution in [0.15, 0.2) is 35.1 Å². The van der Waals surface area contributed by atoms with Gasteiger partial charge in [-0.05, 0) is 17.5 Å². The summed E-state index contributed by atoms with van der Waals surface area (Å²) in [5.74, 6) is 1.21. The molecule has 1 unspecified atom stereocenters. The fraction of sp³-hybridized carbons (Fsp3) is 0.231. The molecule has 1 heterocycles. The predicted octanol–water partition coefficient (Wildman–Crippen LogP) is 2.20. The third-order valence-corrected chi connectivity index (χ3v) is 3.41. The molecule has 2 aromatic rings. The summed E-state index contributed by atoms with van der Waals surface area (Å²) in [5, 5.41) is 0. The van der Waals surface area contributed by atoms with Gasteiger partial charge >= 0.3 is 0 Å². The van der Waals surface area contributed by atoms with Gasteiger partial charge in [0, 0.05) is 12.0 Å². The van der Waals surface area contributed by atoms with Crippen molar-refractivity contribution in [3.8, 4) is 0 Å². The molecule has 1 aromatic heterocycles. The van der Waals surface area contributed by atoms with Gasteiger partial charge in [0.05, 0.1) is 11.6 Å². The molecule has 0 aliphatic heterocycles. The molecule has 4 heteroatoms. The lowest BCUT2D eigenvalue weighted by molar-refractivity contribution is 0.652. The van der Waals surface area contributed by atoms with Gasteiger partial charge in [-0.15, -0.1) is 11.6 Å². The number of H-pyrrole nitrogens is 1. The molecule has 0 fully saturated rings. The van der Waals surface area contributed by atoms with E-state index in [9.17, 15) is 4.79 Å². The van der Waals surface area contributed by atoms with Gasteiger partial charge in [-0.25, -0.2) is 4.98 Å². The Hall–Kier alpha value is -1.61. The second-order valence-electron chi connectivity index (χ2n) is 4.21. The molecule has 1 aliphatic rings. The smallest absolute Gasteiger partial charge is 0.251 e. The van der Waals surface area contributed by atoms with Gasteiger partial charge in [0.1, 0.15) is 5.82 Å². The first-order valence-electron chi connectivity index (χ1n) is 5.52. The van der Waals surface area contributed by atoms with E-state index in [0.717, 1.165) is 12.2 Å². The van der Waals surface area contributed by atoms with E-state index in [2.05, 4.69) is 22.1 Å². The van der Waals surface area contributed by atoms with Crippen molar-refractivity contribution < 1.29 is 0 Å². The van der Waals surface area contributed by atoms with Crippen LogP contribution < -0.4 is 5.56 Å². The minimum Gasteiger partial charge on any atom is -0.310 e. The van der Waals surface area contributed by atoms with Gasteiger partial charge < -0.3 is 4.98 Å². The van der Waals surface area contributed by atoms with E-state index < -0.39 is 0 Å². The van der Waals surface area contributed by atoms with Gasteiger partial charge in [-0.3, -0.25) is 4.79 Å². The standard InChI is InChI=1S/C13H11ClN2O/c14-7-9-6-12(17)16-13(15-9)11-5-8-3-1-2-4-10(8)11/h1-4,6,11H,5,7H2,(H,15,16,17). The van der Waals surface area contributed by atoms with Gasteiger partial charge in [0.2, 0.25) is 0 Å². The van der Waals surface area contributed by atoms with Crippen LogP contribution in [0.3, 0.4) is 0 Å². The zero-order valence-electron chi connectivity index (χ0n) is 9.11. The summed E-state index contributed by atoms with van der Waals surface area (Å²) < 4.78 is 0. The number of alkyl halides is 1. The van der Waals surface area contributed by atoms with Crippen LogP contribution >= 0.6 is 11.6 Å². The summed E-state index contributed by atoms with van der Waals surface area (Å²) in [5.41, 5.74) is 3.09. The molecule has 0 spiro atoms. The van der Waals surface area contributed by atoms with E-state index in [0.29, 0.717) is 5.69 Å². The highest BCUT2D eigenvalue weighted by Crippen LogP contribution is 2.37. The molecule has 17 heavy (non-hydrogen) atoms. The van der Waals surface area contributed by atoms with Crippen LogP contribution in [0, 0.1) is 0 Å². The zero-order chi connectivity index (χ0) is 11.8. The number of rotatable bonds is 2. The molecule has 0 saturated carbocycles. The lowest BCUT2D eigenvalue weighted by atomic mass is 9.77. The highest BCUT2D eigenvalue weighted by molar-refractivity contribution is 6.16. The number of hydrogen-bond donors (Lipinski definition) is 1. The average molecular weight is 247 g/mol. The first-order chi connectivity index (χ1) is 8.28. The number of nitrogens with one attached hydrogen (secondary N) is 1. The van der Waals surface area contributed by atoms with Crippen LogP contribution in [-0.2, 0) is 12.3 Å². The molecular formula is C13H11ClN2O. The van der Waals surface area contributed by atoms with Crippen molar-refractivity contribution >= 4 is 11.6 Å². The third kappa shape index (κ3) is 1.76. The van der Waals surface area contributed by atoms with E-state index in [1.807, 2.05) is 12.1 Å². The summed E-state index contributed by atoms with van der Waals surface area (Å²) in [6.45, 7) is 0. The minimum atomic E-state index is -0.130. The van der Waals surface area contributed by atoms with Gasteiger partial charge in [0.15, 0.2) is 0 Å². The van der Waals surface area contributed by atoms with E-state index in [1.165, 1.54) is 17.2 Å². The van der Waals surface area contributed by atoms with Gasteiger partial charge in [0.25, 0.3) is 5.56 Å². The second kappa shape index (κ2) is 4.00. The van der Waals surface area contributed by atoms with Crippen molar-refractivity contribution in [3.05, 3.63) is 63.3 Å². The molecule has 0 saturated heterocycles. The van der Waals surface area contributed by atoms with E-state index >= 15 is 0 Å². The Bertz CT molecular complexity index is 621. The SMILES string of the molecule is O=c1cc(CCl)nc(C2Cc3ccccc32)[nH]1. The van der Waals surface area contributed by atoms with Gasteiger partial charge in [-0.2, -0.15) is 0 Å². The Balaban J connectivity index is 2.03. The summed E-state index contributed by atoms with van der Waals surface area (Å²) in [4.78, 5) is 18.7. The molecule has 0 radical (unpaired) electrons. The topological polar surface area (TPSA) is 45.8 Å². The Morgan fingerprint density at radius 1 is 1.41 bits per heavy atom. The molecular weight excluding hydrogens is 236 g/mol. The maximum absolute atomic E-state index is 11.5. The molecule has 1 aromatic carbocycles. The van der Waals surface area contributed by atoms with Crippen LogP contribution in [0.4, 0.5) is 0 Å². The van der Waals surface area contributed by atoms with Crippen LogP contribution in [0.25, 0.3) is 0 Å². The lowest BCUT2D eigenvalue weighted by Crippen LogP contribution is -2.24. The molecule has 1 N–H and O–H groups in total. The van der Waals surface area contributed by atoms with Crippen molar-refractivity contribution in [2.75, 3.05) is 0 Å². The fourth-order valence-electron chi connectivity index (χ4n) is 2.26. The minimum absolute atomic E-state index is 0.130. The van der Waals surface area contributed by atoms with E-state index in [4.69, 9.17) is 11.6 Å². The molecule has 0 amide bonds. The monoisotopic (exact) mass is 246 g/mol. The predicted molar refractivity (Wildman–Crippen MR) is 66.4 cm³/mol. The summed E-state index contributed by atoms with van der Waals surface area (Å²) >= 11 is 5.72. The maximum atomic E-state index is 11.5. The summed E-state index contributed by atoms with van der Waals surface area (Å²) in [7, 11) is 0. The Morgan fingerprint density at radius 2 is 2.24 bits per heavy atom. The maximum Gasteiger partial charge on any atom is 0.251 e. The van der Waals surface area contributed by atoms with Crippen molar-refractivity contribution in [2.24, 2.45) is 0 Å². The van der Waals surface area contributed by atoms with Crippen molar-refractivity contribution in [1.29, 1.82) is 0 Å². The summed E-state index contributed by atoms with van der Waals surface area (Å²) in [6, 6.07) is 9.67. The first-order valence-corrected chi connectivity index (χ1v) is 6.05. The zero-order valence-corrected chi connectivity index (χ0v) is 9.87. The number of aromatic amines is 1. The number of halogens is 1. The molecule has 0 bridgehead atoms. The largest absolute Gasteiger partial charge is 0.310 e. The molecule has 3 nitrogen and oxygen atoms in total. The van der Waals surface area contributed by atoms with Crippen LogP contribution in [-0.4, -0.2) is 9.97 Å². The number of aromatic nitrogens is 2. The van der Waals surface area contributed by atoms with Crippen molar-refractivity contribution in [2.45, 2.75) is 18.2 Å². The molecule has 1 atom stereocenters. The van der Waals surface area contributed by atoms with Crippen molar-refractivity contribution in [1.82, 2.24) is 9.97 Å². The van der Waals surface area contributed by atoms with Crippen LogP contribution in [0.2, 0.25) is 0 Å². The number of fused-ring (bicyclic) bond motifs is 1. The summed E-state index contributed by atoms with van der Waals surface area (Å²) in [6.07, 6.45) is 0.935. The number of nitrogens with zero attached hydrogens (tertiary/aromatic N) is 1. The second-order valence-corrected chi connectivity index (χ2v) is 4.48. The van der Waals surface area contributed by atoms with E-state index in [1.54, 1.807) is 0 Å². The number of hydrogen-bond acceptors (Lipinski definition) is 2. The molecule has 3 rings (SSSR count). The highest BCUT2D eigenvalue weighted by atomic mass is 35.5. The van der Waals surface area contributed by atoms with E-state index in [-0.39, 0.29) is 17.4 Å². The third-order valence-electron chi connectivity index (χ3n) is 3.13. The lowest BCUT2D eigenvalue weighted by Gasteiger charge is -2.29. The van der Waals surface area contributed by atoms with Crippen LogP contribution in [0.1, 0.15) is 28.6 Å². The Kier molecular flexibility index (Phi) is 2.48. The Labute approximate surface area is 103 Å². The average Bonchev–Trinajstić information content (AvgIpc) is 2.30. The fourth-order valence-corrected chi connectivity index (χ4v) is 2.40. The van der Waals surface area contributed by atoms with Gasteiger partial charge in [-0.1, -0.05) is 24.3 Å². The first kappa shape index (κ1) is 10.5. The molecule has 1 aliphatic carbocycles. The highest BCUT2D eigenvalue weighted by Gasteiger charge is 2.28. The number of benzene rings is 1. The van der Waals surface area contributed by atoms with Crippen LogP contribution in [0.5, 0.6) is 0 Å².